The van der Waals surface area contributed by atoms with E-state index < -0.39 is 11.2 Å². The van der Waals surface area contributed by atoms with E-state index in [2.05, 4.69) is 10.3 Å². The minimum Gasteiger partial charge on any atom is -0.457 e. The average Bonchev–Trinajstić information content (AvgIpc) is 3.31. The van der Waals surface area contributed by atoms with Crippen LogP contribution < -0.4 is 15.8 Å². The van der Waals surface area contributed by atoms with Crippen molar-refractivity contribution in [3.8, 4) is 11.5 Å². The topological polar surface area (TPSA) is 86.5 Å². The number of halogens is 1. The lowest BCUT2D eigenvalue weighted by atomic mass is 10.1. The Hall–Kier alpha value is -2.67. The second-order valence-corrected chi connectivity index (χ2v) is 5.83. The summed E-state index contributed by atoms with van der Waals surface area (Å²) in [6.45, 7) is 0.338. The highest BCUT2D eigenvalue weighted by Gasteiger charge is 2.50. The molecule has 1 heterocycles. The maximum Gasteiger partial charge on any atom is 0.233 e. The molecule has 24 heavy (non-hydrogen) atoms. The Morgan fingerprint density at radius 2 is 2.08 bits per heavy atom. The van der Waals surface area contributed by atoms with Crippen molar-refractivity contribution in [3.05, 3.63) is 42.3 Å². The molecule has 0 aliphatic heterocycles. The van der Waals surface area contributed by atoms with Crippen molar-refractivity contribution in [2.24, 2.45) is 5.41 Å². The third-order valence-electron chi connectivity index (χ3n) is 3.93. The molecule has 1 amide bonds. The van der Waals surface area contributed by atoms with Crippen molar-refractivity contribution in [1.29, 1.82) is 0 Å². The van der Waals surface area contributed by atoms with Gasteiger partial charge >= 0.3 is 0 Å². The molecule has 0 atom stereocenters. The fourth-order valence-electron chi connectivity index (χ4n) is 2.41. The van der Waals surface area contributed by atoms with Gasteiger partial charge in [-0.3, -0.25) is 4.79 Å². The fraction of sp³-hybridized carbons (Fsp3) is 0.294. The standard InChI is InChI=1S/C17H18FN3O3/c1-23-10-17(5-6-17)16(22)21-14-3-2-11(8-13(14)18)24-12-4-7-20-15(19)9-12/h2-4,7-9H,5-6,10H2,1H3,(H2,19,20)(H,21,22). The number of aromatic nitrogens is 1. The molecule has 0 bridgehead atoms. The first-order chi connectivity index (χ1) is 11.5. The van der Waals surface area contributed by atoms with Crippen molar-refractivity contribution in [1.82, 2.24) is 4.98 Å². The van der Waals surface area contributed by atoms with Gasteiger partial charge in [-0.05, 0) is 31.0 Å². The molecule has 1 aliphatic carbocycles. The summed E-state index contributed by atoms with van der Waals surface area (Å²) in [6.07, 6.45) is 3.00. The highest BCUT2D eigenvalue weighted by atomic mass is 19.1. The molecule has 3 N–H and O–H groups in total. The number of anilines is 2. The molecule has 0 radical (unpaired) electrons. The molecule has 0 spiro atoms. The Labute approximate surface area is 138 Å². The number of nitrogens with zero attached hydrogens (tertiary/aromatic N) is 1. The zero-order chi connectivity index (χ0) is 17.2. The number of nitrogen functional groups attached to an aromatic ring is 1. The average molecular weight is 331 g/mol. The number of ether oxygens (including phenoxy) is 2. The van der Waals surface area contributed by atoms with Crippen molar-refractivity contribution < 1.29 is 18.7 Å². The molecule has 6 nitrogen and oxygen atoms in total. The Kier molecular flexibility index (Phi) is 4.35. The van der Waals surface area contributed by atoms with Crippen LogP contribution in [0.1, 0.15) is 12.8 Å². The van der Waals surface area contributed by atoms with E-state index >= 15 is 0 Å². The molecule has 126 valence electrons. The third kappa shape index (κ3) is 3.46. The number of nitrogens with one attached hydrogen (secondary N) is 1. The van der Waals surface area contributed by atoms with E-state index in [1.807, 2.05) is 0 Å². The van der Waals surface area contributed by atoms with Crippen LogP contribution in [0.5, 0.6) is 11.5 Å². The summed E-state index contributed by atoms with van der Waals surface area (Å²) in [5.74, 6) is 0.268. The molecular formula is C17H18FN3O3. The molecule has 2 aromatic rings. The Morgan fingerprint density at radius 3 is 2.71 bits per heavy atom. The molecule has 1 fully saturated rings. The number of carbonyl (C=O) groups is 1. The van der Waals surface area contributed by atoms with E-state index in [9.17, 15) is 9.18 Å². The maximum absolute atomic E-state index is 14.2. The van der Waals surface area contributed by atoms with Crippen LogP contribution in [-0.4, -0.2) is 24.6 Å². The largest absolute Gasteiger partial charge is 0.457 e. The molecule has 1 aromatic carbocycles. The number of rotatable bonds is 6. The third-order valence-corrected chi connectivity index (χ3v) is 3.93. The number of carbonyl (C=O) groups excluding carboxylic acids is 1. The van der Waals surface area contributed by atoms with E-state index in [1.54, 1.807) is 19.2 Å². The van der Waals surface area contributed by atoms with Gasteiger partial charge in [0.05, 0.1) is 17.7 Å². The number of benzene rings is 1. The first-order valence-electron chi connectivity index (χ1n) is 7.52. The van der Waals surface area contributed by atoms with Crippen LogP contribution >= 0.6 is 0 Å². The number of hydrogen-bond donors (Lipinski definition) is 2. The van der Waals surface area contributed by atoms with Crippen LogP contribution in [0.15, 0.2) is 36.5 Å². The predicted octanol–water partition coefficient (Wildman–Crippen LogP) is 2.96. The van der Waals surface area contributed by atoms with Crippen molar-refractivity contribution in [2.45, 2.75) is 12.8 Å². The van der Waals surface area contributed by atoms with E-state index in [0.29, 0.717) is 23.9 Å². The van der Waals surface area contributed by atoms with Gasteiger partial charge in [-0.15, -0.1) is 0 Å². The van der Waals surface area contributed by atoms with Gasteiger partial charge in [0.15, 0.2) is 0 Å². The quantitative estimate of drug-likeness (QED) is 0.850. The number of amides is 1. The van der Waals surface area contributed by atoms with Gasteiger partial charge in [0.25, 0.3) is 0 Å². The summed E-state index contributed by atoms with van der Waals surface area (Å²) in [4.78, 5) is 16.1. The number of methoxy groups -OCH3 is 1. The Morgan fingerprint density at radius 1 is 1.33 bits per heavy atom. The molecule has 3 rings (SSSR count). The summed E-state index contributed by atoms with van der Waals surface area (Å²) >= 11 is 0. The van der Waals surface area contributed by atoms with Gasteiger partial charge in [0.2, 0.25) is 5.91 Å². The predicted molar refractivity (Wildman–Crippen MR) is 87.3 cm³/mol. The van der Waals surface area contributed by atoms with Gasteiger partial charge in [0, 0.05) is 25.4 Å². The SMILES string of the molecule is COCC1(C(=O)Nc2ccc(Oc3ccnc(N)c3)cc2F)CC1. The van der Waals surface area contributed by atoms with Crippen LogP contribution in [0.4, 0.5) is 15.9 Å². The minimum atomic E-state index is -0.573. The molecule has 1 aromatic heterocycles. The number of hydrogen-bond acceptors (Lipinski definition) is 5. The highest BCUT2D eigenvalue weighted by Crippen LogP contribution is 2.46. The van der Waals surface area contributed by atoms with Crippen LogP contribution in [0.3, 0.4) is 0 Å². The molecule has 1 saturated carbocycles. The number of nitrogens with two attached hydrogens (primary N) is 1. The first-order valence-corrected chi connectivity index (χ1v) is 7.52. The van der Waals surface area contributed by atoms with Gasteiger partial charge in [-0.2, -0.15) is 0 Å². The summed E-state index contributed by atoms with van der Waals surface area (Å²) in [5.41, 5.74) is 5.16. The monoisotopic (exact) mass is 331 g/mol. The second kappa shape index (κ2) is 6.45. The summed E-state index contributed by atoms with van der Waals surface area (Å²) < 4.78 is 24.8. The van der Waals surface area contributed by atoms with Gasteiger partial charge in [-0.25, -0.2) is 9.37 Å². The van der Waals surface area contributed by atoms with E-state index in [4.69, 9.17) is 15.2 Å². The summed E-state index contributed by atoms with van der Waals surface area (Å²) in [7, 11) is 1.55. The van der Waals surface area contributed by atoms with Crippen LogP contribution in [-0.2, 0) is 9.53 Å². The van der Waals surface area contributed by atoms with Gasteiger partial charge < -0.3 is 20.5 Å². The normalized spacial score (nSPS) is 14.9. The zero-order valence-corrected chi connectivity index (χ0v) is 13.2. The fourth-order valence-corrected chi connectivity index (χ4v) is 2.41. The molecular weight excluding hydrogens is 313 g/mol. The van der Waals surface area contributed by atoms with Gasteiger partial charge in [0.1, 0.15) is 23.1 Å². The van der Waals surface area contributed by atoms with E-state index in [1.165, 1.54) is 24.4 Å². The lowest BCUT2D eigenvalue weighted by molar-refractivity contribution is -0.122. The lowest BCUT2D eigenvalue weighted by Crippen LogP contribution is -2.28. The summed E-state index contributed by atoms with van der Waals surface area (Å²) in [6, 6.07) is 7.41. The van der Waals surface area contributed by atoms with Crippen molar-refractivity contribution in [3.63, 3.8) is 0 Å². The molecule has 7 heteroatoms. The maximum atomic E-state index is 14.2. The Balaban J connectivity index is 1.70. The van der Waals surface area contributed by atoms with Crippen LogP contribution in [0.25, 0.3) is 0 Å². The lowest BCUT2D eigenvalue weighted by Gasteiger charge is -2.15. The van der Waals surface area contributed by atoms with Crippen LogP contribution in [0, 0.1) is 11.2 Å². The zero-order valence-electron chi connectivity index (χ0n) is 13.2. The smallest absolute Gasteiger partial charge is 0.233 e. The van der Waals surface area contributed by atoms with Crippen LogP contribution in [0.2, 0.25) is 0 Å². The molecule has 0 saturated heterocycles. The minimum absolute atomic E-state index is 0.115. The number of pyridine rings is 1. The highest BCUT2D eigenvalue weighted by molar-refractivity contribution is 5.97. The summed E-state index contributed by atoms with van der Waals surface area (Å²) in [5, 5.41) is 2.62. The second-order valence-electron chi connectivity index (χ2n) is 5.83. The first kappa shape index (κ1) is 16.2. The Bertz CT molecular complexity index is 762. The molecule has 0 unspecified atom stereocenters. The van der Waals surface area contributed by atoms with Crippen molar-refractivity contribution >= 4 is 17.4 Å². The van der Waals surface area contributed by atoms with Gasteiger partial charge in [-0.1, -0.05) is 0 Å². The molecule has 1 aliphatic rings. The van der Waals surface area contributed by atoms with Crippen molar-refractivity contribution in [2.75, 3.05) is 24.8 Å². The van der Waals surface area contributed by atoms with E-state index in [0.717, 1.165) is 12.8 Å². The van der Waals surface area contributed by atoms with E-state index in [-0.39, 0.29) is 11.6 Å².